The Balaban J connectivity index is 1.47. The summed E-state index contributed by atoms with van der Waals surface area (Å²) in [6.07, 6.45) is 5.77. The van der Waals surface area contributed by atoms with Gasteiger partial charge in [-0.3, -0.25) is 14.6 Å². The zero-order chi connectivity index (χ0) is 19.1. The van der Waals surface area contributed by atoms with E-state index in [0.29, 0.717) is 38.9 Å². The molecule has 0 bridgehead atoms. The van der Waals surface area contributed by atoms with Gasteiger partial charge in [0, 0.05) is 38.4 Å². The van der Waals surface area contributed by atoms with Gasteiger partial charge in [-0.05, 0) is 54.7 Å². The Labute approximate surface area is 158 Å². The van der Waals surface area contributed by atoms with Crippen molar-refractivity contribution in [3.8, 4) is 0 Å². The predicted octanol–water partition coefficient (Wildman–Crippen LogP) is 2.36. The van der Waals surface area contributed by atoms with Crippen LogP contribution in [0.3, 0.4) is 0 Å². The summed E-state index contributed by atoms with van der Waals surface area (Å²) in [5.74, 6) is -0.406. The number of carbonyl (C=O) groups is 2. The summed E-state index contributed by atoms with van der Waals surface area (Å²) < 4.78 is 13.3. The van der Waals surface area contributed by atoms with E-state index in [2.05, 4.69) is 10.3 Å². The third kappa shape index (κ3) is 5.61. The maximum absolute atomic E-state index is 13.3. The Bertz CT molecular complexity index is 782. The third-order valence-corrected chi connectivity index (χ3v) is 4.89. The van der Waals surface area contributed by atoms with E-state index in [1.807, 2.05) is 18.2 Å². The highest BCUT2D eigenvalue weighted by Crippen LogP contribution is 2.18. The molecule has 1 aromatic carbocycles. The lowest BCUT2D eigenvalue weighted by atomic mass is 9.96. The maximum Gasteiger partial charge on any atom is 0.224 e. The molecule has 1 aliphatic rings. The van der Waals surface area contributed by atoms with Gasteiger partial charge < -0.3 is 10.2 Å². The Morgan fingerprint density at radius 3 is 2.78 bits per heavy atom. The van der Waals surface area contributed by atoms with Crippen LogP contribution in [0.1, 0.15) is 24.0 Å². The molecular formula is C21H24FN3O2. The van der Waals surface area contributed by atoms with Crippen LogP contribution >= 0.6 is 0 Å². The van der Waals surface area contributed by atoms with Crippen LogP contribution in [-0.4, -0.2) is 41.3 Å². The molecule has 1 unspecified atom stereocenters. The molecule has 3 rings (SSSR count). The number of hydrogen-bond acceptors (Lipinski definition) is 3. The SMILES string of the molecule is O=C(NCCc1ccncc1)C1CCC(=O)N(CCc2cccc(F)c2)C1. The lowest BCUT2D eigenvalue weighted by Crippen LogP contribution is -2.46. The summed E-state index contributed by atoms with van der Waals surface area (Å²) in [5.41, 5.74) is 1.98. The molecule has 0 spiro atoms. The third-order valence-electron chi connectivity index (χ3n) is 4.89. The average molecular weight is 369 g/mol. The molecule has 1 aliphatic heterocycles. The number of pyridine rings is 1. The van der Waals surface area contributed by atoms with E-state index in [9.17, 15) is 14.0 Å². The molecule has 27 heavy (non-hydrogen) atoms. The summed E-state index contributed by atoms with van der Waals surface area (Å²) in [6, 6.07) is 10.3. The minimum absolute atomic E-state index is 0.00712. The van der Waals surface area contributed by atoms with Gasteiger partial charge in [0.1, 0.15) is 5.82 Å². The fraction of sp³-hybridized carbons (Fsp3) is 0.381. The average Bonchev–Trinajstić information content (AvgIpc) is 2.68. The molecule has 1 aromatic heterocycles. The lowest BCUT2D eigenvalue weighted by molar-refractivity contribution is -0.138. The van der Waals surface area contributed by atoms with Gasteiger partial charge in [-0.25, -0.2) is 4.39 Å². The molecule has 5 nitrogen and oxygen atoms in total. The van der Waals surface area contributed by atoms with E-state index in [0.717, 1.165) is 17.5 Å². The van der Waals surface area contributed by atoms with Crippen LogP contribution < -0.4 is 5.32 Å². The molecule has 2 aromatic rings. The number of aromatic nitrogens is 1. The van der Waals surface area contributed by atoms with Gasteiger partial charge in [-0.2, -0.15) is 0 Å². The van der Waals surface area contributed by atoms with Gasteiger partial charge in [0.05, 0.1) is 5.92 Å². The number of nitrogens with one attached hydrogen (secondary N) is 1. The molecule has 2 amide bonds. The normalized spacial score (nSPS) is 17.0. The van der Waals surface area contributed by atoms with Crippen LogP contribution in [0.15, 0.2) is 48.8 Å². The summed E-state index contributed by atoms with van der Waals surface area (Å²) in [5, 5.41) is 2.97. The largest absolute Gasteiger partial charge is 0.355 e. The topological polar surface area (TPSA) is 62.3 Å². The van der Waals surface area contributed by atoms with Crippen LogP contribution in [0, 0.1) is 11.7 Å². The van der Waals surface area contributed by atoms with Crippen molar-refractivity contribution in [3.05, 3.63) is 65.7 Å². The summed E-state index contributed by atoms with van der Waals surface area (Å²) in [7, 11) is 0. The number of amides is 2. The van der Waals surface area contributed by atoms with Gasteiger partial charge in [0.15, 0.2) is 0 Å². The van der Waals surface area contributed by atoms with Gasteiger partial charge in [0.25, 0.3) is 0 Å². The first-order chi connectivity index (χ1) is 13.1. The Hall–Kier alpha value is -2.76. The molecule has 6 heteroatoms. The molecule has 0 saturated carbocycles. The summed E-state index contributed by atoms with van der Waals surface area (Å²) in [4.78, 5) is 30.3. The molecule has 0 radical (unpaired) electrons. The first-order valence-electron chi connectivity index (χ1n) is 9.30. The highest BCUT2D eigenvalue weighted by atomic mass is 19.1. The first-order valence-corrected chi connectivity index (χ1v) is 9.30. The minimum Gasteiger partial charge on any atom is -0.355 e. The van der Waals surface area contributed by atoms with Crippen molar-refractivity contribution in [2.75, 3.05) is 19.6 Å². The second kappa shape index (κ2) is 9.26. The predicted molar refractivity (Wildman–Crippen MR) is 100 cm³/mol. The van der Waals surface area contributed by atoms with Gasteiger partial charge in [-0.15, -0.1) is 0 Å². The zero-order valence-electron chi connectivity index (χ0n) is 15.2. The Morgan fingerprint density at radius 2 is 2.00 bits per heavy atom. The molecule has 1 fully saturated rings. The van der Waals surface area contributed by atoms with Crippen molar-refractivity contribution in [2.45, 2.75) is 25.7 Å². The summed E-state index contributed by atoms with van der Waals surface area (Å²) in [6.45, 7) is 1.49. The lowest BCUT2D eigenvalue weighted by Gasteiger charge is -2.32. The number of carbonyl (C=O) groups excluding carboxylic acids is 2. The highest BCUT2D eigenvalue weighted by molar-refractivity contribution is 5.83. The van der Waals surface area contributed by atoms with Crippen LogP contribution in [0.4, 0.5) is 4.39 Å². The first kappa shape index (κ1) is 19.0. The number of likely N-dealkylation sites (tertiary alicyclic amines) is 1. The molecule has 1 saturated heterocycles. The van der Waals surface area contributed by atoms with Gasteiger partial charge in [-0.1, -0.05) is 12.1 Å². The second-order valence-electron chi connectivity index (χ2n) is 6.85. The van der Waals surface area contributed by atoms with Crippen LogP contribution in [0.25, 0.3) is 0 Å². The van der Waals surface area contributed by atoms with Crippen molar-refractivity contribution >= 4 is 11.8 Å². The number of halogens is 1. The fourth-order valence-corrected chi connectivity index (χ4v) is 3.33. The molecule has 1 atom stereocenters. The minimum atomic E-state index is -0.274. The van der Waals surface area contributed by atoms with Crippen molar-refractivity contribution in [1.82, 2.24) is 15.2 Å². The van der Waals surface area contributed by atoms with E-state index in [4.69, 9.17) is 0 Å². The smallest absolute Gasteiger partial charge is 0.224 e. The van der Waals surface area contributed by atoms with Crippen LogP contribution in [0.5, 0.6) is 0 Å². The van der Waals surface area contributed by atoms with E-state index < -0.39 is 0 Å². The molecule has 2 heterocycles. The molecule has 1 N–H and O–H groups in total. The molecular weight excluding hydrogens is 345 g/mol. The van der Waals surface area contributed by atoms with Crippen LogP contribution in [0.2, 0.25) is 0 Å². The maximum atomic E-state index is 13.3. The number of piperidine rings is 1. The van der Waals surface area contributed by atoms with Crippen molar-refractivity contribution in [2.24, 2.45) is 5.92 Å². The number of nitrogens with zero attached hydrogens (tertiary/aromatic N) is 2. The van der Waals surface area contributed by atoms with Crippen molar-refractivity contribution in [3.63, 3.8) is 0 Å². The second-order valence-corrected chi connectivity index (χ2v) is 6.85. The van der Waals surface area contributed by atoms with E-state index in [1.165, 1.54) is 12.1 Å². The Kier molecular flexibility index (Phi) is 6.52. The molecule has 0 aliphatic carbocycles. The number of benzene rings is 1. The van der Waals surface area contributed by atoms with E-state index in [1.54, 1.807) is 23.4 Å². The monoisotopic (exact) mass is 369 g/mol. The van der Waals surface area contributed by atoms with E-state index >= 15 is 0 Å². The van der Waals surface area contributed by atoms with E-state index in [-0.39, 0.29) is 23.5 Å². The number of rotatable bonds is 7. The number of hydrogen-bond donors (Lipinski definition) is 1. The Morgan fingerprint density at radius 1 is 1.19 bits per heavy atom. The zero-order valence-corrected chi connectivity index (χ0v) is 15.2. The standard InChI is InChI=1S/C21H24FN3O2/c22-19-3-1-2-17(14-19)9-13-25-15-18(4-5-20(25)26)21(27)24-12-8-16-6-10-23-11-7-16/h1-3,6-7,10-11,14,18H,4-5,8-9,12-13,15H2,(H,24,27). The van der Waals surface area contributed by atoms with Gasteiger partial charge >= 0.3 is 0 Å². The van der Waals surface area contributed by atoms with Gasteiger partial charge in [0.2, 0.25) is 11.8 Å². The van der Waals surface area contributed by atoms with Crippen molar-refractivity contribution < 1.29 is 14.0 Å². The fourth-order valence-electron chi connectivity index (χ4n) is 3.33. The molecule has 142 valence electrons. The van der Waals surface area contributed by atoms with Crippen LogP contribution in [-0.2, 0) is 22.4 Å². The summed E-state index contributed by atoms with van der Waals surface area (Å²) >= 11 is 0. The van der Waals surface area contributed by atoms with Crippen molar-refractivity contribution in [1.29, 1.82) is 0 Å². The highest BCUT2D eigenvalue weighted by Gasteiger charge is 2.29. The quantitative estimate of drug-likeness (QED) is 0.815.